The number of hydrogen-bond donors (Lipinski definition) is 0. The summed E-state index contributed by atoms with van der Waals surface area (Å²) in [6.07, 6.45) is 3.05. The van der Waals surface area contributed by atoms with Crippen molar-refractivity contribution in [1.29, 1.82) is 0 Å². The first-order valence-electron chi connectivity index (χ1n) is 5.05. The average molecular weight is 178 g/mol. The number of ether oxygens (including phenoxy) is 1. The van der Waals surface area contributed by atoms with Crippen LogP contribution in [0.1, 0.15) is 38.4 Å². The van der Waals surface area contributed by atoms with Crippen molar-refractivity contribution >= 4 is 0 Å². The molecule has 2 rings (SSSR count). The van der Waals surface area contributed by atoms with Crippen LogP contribution in [0.4, 0.5) is 0 Å². The predicted octanol–water partition coefficient (Wildman–Crippen LogP) is 3.56. The van der Waals surface area contributed by atoms with E-state index in [-0.39, 0.29) is 0 Å². The van der Waals surface area contributed by atoms with Crippen molar-refractivity contribution in [1.82, 2.24) is 0 Å². The van der Waals surface area contributed by atoms with Crippen molar-refractivity contribution < 1.29 is 4.74 Å². The molecular formula is C12H18O. The highest BCUT2D eigenvalue weighted by Gasteiger charge is 2.23. The third-order valence-corrected chi connectivity index (χ3v) is 2.00. The Bertz CT molecular complexity index is 212. The van der Waals surface area contributed by atoms with Crippen molar-refractivity contribution in [3.8, 4) is 0 Å². The van der Waals surface area contributed by atoms with Gasteiger partial charge >= 0.3 is 0 Å². The van der Waals surface area contributed by atoms with Crippen LogP contribution >= 0.6 is 0 Å². The van der Waals surface area contributed by atoms with Gasteiger partial charge in [-0.3, -0.25) is 0 Å². The van der Waals surface area contributed by atoms with E-state index in [9.17, 15) is 0 Å². The molecule has 1 saturated heterocycles. The fourth-order valence-electron chi connectivity index (χ4n) is 0.908. The molecule has 1 aliphatic heterocycles. The molecule has 1 nitrogen and oxygen atoms in total. The first kappa shape index (κ1) is 10.3. The first-order chi connectivity index (χ1) is 6.38. The van der Waals surface area contributed by atoms with Crippen LogP contribution in [0, 0.1) is 0 Å². The highest BCUT2D eigenvalue weighted by molar-refractivity contribution is 5.19. The van der Waals surface area contributed by atoms with Crippen LogP contribution in [-0.4, -0.2) is 6.61 Å². The van der Waals surface area contributed by atoms with Gasteiger partial charge in [-0.15, -0.1) is 0 Å². The van der Waals surface area contributed by atoms with E-state index < -0.39 is 0 Å². The van der Waals surface area contributed by atoms with Gasteiger partial charge in [0.25, 0.3) is 0 Å². The number of rotatable bonds is 2. The Hall–Kier alpha value is -0.820. The minimum atomic E-state index is 0.409. The highest BCUT2D eigenvalue weighted by atomic mass is 16.6. The van der Waals surface area contributed by atoms with E-state index in [0.717, 1.165) is 6.61 Å². The molecule has 0 saturated carbocycles. The van der Waals surface area contributed by atoms with Crippen LogP contribution in [0.15, 0.2) is 30.3 Å². The molecule has 72 valence electrons. The minimum absolute atomic E-state index is 0.409. The maximum absolute atomic E-state index is 5.09. The van der Waals surface area contributed by atoms with Gasteiger partial charge in [0, 0.05) is 0 Å². The standard InChI is InChI=1S/C8H8O.C4H10/c1-2-4-7(5-3-1)8-6-9-8;1-3-4-2/h1-5,8H,6H2;3-4H2,1-2H3. The molecule has 0 spiro atoms. The summed E-state index contributed by atoms with van der Waals surface area (Å²) < 4.78 is 5.09. The molecule has 13 heavy (non-hydrogen) atoms. The second-order valence-corrected chi connectivity index (χ2v) is 3.23. The highest BCUT2D eigenvalue weighted by Crippen LogP contribution is 2.28. The quantitative estimate of drug-likeness (QED) is 0.631. The Kier molecular flexibility index (Phi) is 4.55. The normalized spacial score (nSPS) is 18.8. The van der Waals surface area contributed by atoms with E-state index in [2.05, 4.69) is 26.0 Å². The molecule has 1 aliphatic rings. The van der Waals surface area contributed by atoms with Crippen LogP contribution in [0.25, 0.3) is 0 Å². The van der Waals surface area contributed by atoms with Crippen molar-refractivity contribution in [2.45, 2.75) is 32.8 Å². The van der Waals surface area contributed by atoms with Gasteiger partial charge in [-0.05, 0) is 5.56 Å². The Morgan fingerprint density at radius 3 is 2.08 bits per heavy atom. The average Bonchev–Trinajstić information content (AvgIpc) is 3.03. The van der Waals surface area contributed by atoms with Gasteiger partial charge in [-0.2, -0.15) is 0 Å². The summed E-state index contributed by atoms with van der Waals surface area (Å²) in [5.41, 5.74) is 1.30. The second kappa shape index (κ2) is 5.76. The van der Waals surface area contributed by atoms with E-state index in [1.54, 1.807) is 0 Å². The van der Waals surface area contributed by atoms with Gasteiger partial charge in [-0.1, -0.05) is 57.0 Å². The van der Waals surface area contributed by atoms with Gasteiger partial charge in [0.2, 0.25) is 0 Å². The second-order valence-electron chi connectivity index (χ2n) is 3.23. The molecular weight excluding hydrogens is 160 g/mol. The fraction of sp³-hybridized carbons (Fsp3) is 0.500. The van der Waals surface area contributed by atoms with Gasteiger partial charge in [0.15, 0.2) is 0 Å². The van der Waals surface area contributed by atoms with Crippen molar-refractivity contribution in [2.75, 3.05) is 6.61 Å². The molecule has 1 fully saturated rings. The molecule has 0 N–H and O–H groups in total. The Balaban J connectivity index is 0.000000184. The lowest BCUT2D eigenvalue weighted by Crippen LogP contribution is -1.75. The summed E-state index contributed by atoms with van der Waals surface area (Å²) >= 11 is 0. The number of unbranched alkanes of at least 4 members (excludes halogenated alkanes) is 1. The summed E-state index contributed by atoms with van der Waals surface area (Å²) in [7, 11) is 0. The van der Waals surface area contributed by atoms with Crippen LogP contribution in [-0.2, 0) is 4.74 Å². The monoisotopic (exact) mass is 178 g/mol. The summed E-state index contributed by atoms with van der Waals surface area (Å²) in [5.74, 6) is 0. The molecule has 0 amide bonds. The number of epoxide rings is 1. The molecule has 1 atom stereocenters. The number of benzene rings is 1. The summed E-state index contributed by atoms with van der Waals surface area (Å²) in [4.78, 5) is 0. The molecule has 1 heterocycles. The zero-order valence-electron chi connectivity index (χ0n) is 8.49. The van der Waals surface area contributed by atoms with Crippen LogP contribution in [0.2, 0.25) is 0 Å². The van der Waals surface area contributed by atoms with Crippen molar-refractivity contribution in [3.63, 3.8) is 0 Å². The molecule has 0 aliphatic carbocycles. The van der Waals surface area contributed by atoms with Crippen LogP contribution in [0.3, 0.4) is 0 Å². The topological polar surface area (TPSA) is 12.5 Å². The molecule has 0 bridgehead atoms. The number of hydrogen-bond acceptors (Lipinski definition) is 1. The van der Waals surface area contributed by atoms with Crippen molar-refractivity contribution in [3.05, 3.63) is 35.9 Å². The predicted molar refractivity (Wildman–Crippen MR) is 55.7 cm³/mol. The molecule has 1 heteroatoms. The lowest BCUT2D eigenvalue weighted by Gasteiger charge is -1.89. The summed E-state index contributed by atoms with van der Waals surface area (Å²) in [6, 6.07) is 10.3. The van der Waals surface area contributed by atoms with Gasteiger partial charge in [0.05, 0.1) is 6.61 Å². The first-order valence-corrected chi connectivity index (χ1v) is 5.05. The Morgan fingerprint density at radius 1 is 1.15 bits per heavy atom. The SMILES string of the molecule is CCCC.c1ccc(C2CO2)cc1. The summed E-state index contributed by atoms with van der Waals surface area (Å²) in [6.45, 7) is 5.27. The van der Waals surface area contributed by atoms with E-state index in [0.29, 0.717) is 6.10 Å². The van der Waals surface area contributed by atoms with Crippen LogP contribution in [0.5, 0.6) is 0 Å². The van der Waals surface area contributed by atoms with Gasteiger partial charge in [0.1, 0.15) is 6.10 Å². The lowest BCUT2D eigenvalue weighted by molar-refractivity contribution is 0.415. The van der Waals surface area contributed by atoms with Gasteiger partial charge in [-0.25, -0.2) is 0 Å². The van der Waals surface area contributed by atoms with E-state index in [1.807, 2.05) is 18.2 Å². The lowest BCUT2D eigenvalue weighted by atomic mass is 10.2. The molecule has 0 radical (unpaired) electrons. The molecule has 1 aromatic carbocycles. The maximum Gasteiger partial charge on any atom is 0.106 e. The smallest absolute Gasteiger partial charge is 0.106 e. The fourth-order valence-corrected chi connectivity index (χ4v) is 0.908. The zero-order chi connectivity index (χ0) is 9.52. The zero-order valence-corrected chi connectivity index (χ0v) is 8.49. The Morgan fingerprint density at radius 2 is 1.69 bits per heavy atom. The largest absolute Gasteiger partial charge is 0.368 e. The van der Waals surface area contributed by atoms with E-state index in [1.165, 1.54) is 18.4 Å². The third kappa shape index (κ3) is 4.09. The molecule has 0 aromatic heterocycles. The molecule has 1 aromatic rings. The maximum atomic E-state index is 5.09. The van der Waals surface area contributed by atoms with Crippen molar-refractivity contribution in [2.24, 2.45) is 0 Å². The molecule has 1 unspecified atom stereocenters. The minimum Gasteiger partial charge on any atom is -0.368 e. The van der Waals surface area contributed by atoms with E-state index in [4.69, 9.17) is 4.74 Å². The third-order valence-electron chi connectivity index (χ3n) is 2.00. The Labute approximate surface area is 80.7 Å². The van der Waals surface area contributed by atoms with Gasteiger partial charge < -0.3 is 4.74 Å². The van der Waals surface area contributed by atoms with E-state index >= 15 is 0 Å². The summed E-state index contributed by atoms with van der Waals surface area (Å²) in [5, 5.41) is 0. The van der Waals surface area contributed by atoms with Crippen LogP contribution < -0.4 is 0 Å².